The van der Waals surface area contributed by atoms with Crippen LogP contribution in [0, 0.1) is 17.6 Å². The molecule has 4 aromatic rings. The second-order valence-corrected chi connectivity index (χ2v) is 9.57. The number of hydrogen-bond donors (Lipinski definition) is 2. The molecule has 0 aliphatic rings. The van der Waals surface area contributed by atoms with E-state index in [0.717, 1.165) is 22.7 Å². The number of anilines is 1. The highest BCUT2D eigenvalue weighted by Crippen LogP contribution is 2.36. The van der Waals surface area contributed by atoms with Gasteiger partial charge in [0.25, 0.3) is 0 Å². The van der Waals surface area contributed by atoms with E-state index in [2.05, 4.69) is 10.3 Å². The van der Waals surface area contributed by atoms with Crippen molar-refractivity contribution in [1.29, 1.82) is 0 Å². The minimum absolute atomic E-state index is 0.0978. The molecule has 5 nitrogen and oxygen atoms in total. The number of carbonyl (C=O) groups is 1. The summed E-state index contributed by atoms with van der Waals surface area (Å²) in [6, 6.07) is 18.3. The molecule has 184 valence electrons. The Balaban J connectivity index is 1.58. The fourth-order valence-electron chi connectivity index (χ4n) is 3.47. The maximum Gasteiger partial charge on any atom is 0.248 e. The highest BCUT2D eigenvalue weighted by atomic mass is 32.2. The number of hydrogen-bond acceptors (Lipinski definition) is 4. The second-order valence-electron chi connectivity index (χ2n) is 7.79. The largest absolute Gasteiger partial charge is 0.457 e. The first-order chi connectivity index (χ1) is 17.3. The summed E-state index contributed by atoms with van der Waals surface area (Å²) in [5.74, 6) is -2.16. The molecule has 1 atom stereocenters. The van der Waals surface area contributed by atoms with E-state index in [1.807, 2.05) is 6.92 Å². The molecule has 1 amide bonds. The molecule has 4 rings (SSSR count). The maximum absolute atomic E-state index is 13.8. The number of ether oxygens (including phenoxy) is 1. The predicted molar refractivity (Wildman–Crippen MR) is 134 cm³/mol. The number of nitrogens with one attached hydrogen (secondary N) is 1. The van der Waals surface area contributed by atoms with Crippen LogP contribution >= 0.6 is 0 Å². The molecule has 1 unspecified atom stereocenters. The first-order valence-corrected chi connectivity index (χ1v) is 12.3. The fourth-order valence-corrected chi connectivity index (χ4v) is 4.25. The Morgan fingerprint density at radius 1 is 1.03 bits per heavy atom. The molecule has 0 saturated heterocycles. The maximum atomic E-state index is 13.8. The summed E-state index contributed by atoms with van der Waals surface area (Å²) < 4.78 is 56.7. The van der Waals surface area contributed by atoms with Gasteiger partial charge in [-0.25, -0.2) is 13.8 Å². The molecule has 0 saturated carbocycles. The van der Waals surface area contributed by atoms with Gasteiger partial charge in [-0.2, -0.15) is 8.94 Å². The molecule has 1 aromatic heterocycles. The van der Waals surface area contributed by atoms with Crippen LogP contribution in [0.4, 0.5) is 18.9 Å². The molecule has 2 N–H and O–H groups in total. The quantitative estimate of drug-likeness (QED) is 0.206. The van der Waals surface area contributed by atoms with Gasteiger partial charge in [0.2, 0.25) is 11.9 Å². The first kappa shape index (κ1) is 25.3. The molecule has 3 aromatic carbocycles. The van der Waals surface area contributed by atoms with Crippen molar-refractivity contribution in [2.45, 2.75) is 18.2 Å². The molecule has 9 heteroatoms. The third kappa shape index (κ3) is 6.24. The number of benzene rings is 3. The zero-order valence-corrected chi connectivity index (χ0v) is 20.0. The number of halogens is 3. The van der Waals surface area contributed by atoms with Crippen LogP contribution in [0.5, 0.6) is 11.5 Å². The van der Waals surface area contributed by atoms with Gasteiger partial charge in [-0.05, 0) is 55.0 Å². The van der Waals surface area contributed by atoms with Crippen LogP contribution in [0.25, 0.3) is 11.1 Å². The van der Waals surface area contributed by atoms with Gasteiger partial charge in [0.05, 0.1) is 6.42 Å². The van der Waals surface area contributed by atoms with E-state index in [1.165, 1.54) is 24.3 Å². The van der Waals surface area contributed by atoms with Gasteiger partial charge in [-0.3, -0.25) is 4.79 Å². The van der Waals surface area contributed by atoms with E-state index in [4.69, 9.17) is 4.74 Å². The van der Waals surface area contributed by atoms with Gasteiger partial charge < -0.3 is 10.1 Å². The number of carbonyl (C=O) groups excluding carboxylic acids is 1. The lowest BCUT2D eigenvalue weighted by molar-refractivity contribution is -0.115. The van der Waals surface area contributed by atoms with Crippen molar-refractivity contribution in [3.8, 4) is 22.6 Å². The monoisotopic (exact) mass is 511 g/mol. The normalized spacial score (nSPS) is 11.7. The highest BCUT2D eigenvalue weighted by Gasteiger charge is 2.17. The smallest absolute Gasteiger partial charge is 0.248 e. The van der Waals surface area contributed by atoms with Crippen molar-refractivity contribution in [2.24, 2.45) is 0 Å². The number of nitrogens with zero attached hydrogens (tertiary/aromatic N) is 1. The summed E-state index contributed by atoms with van der Waals surface area (Å²) in [4.78, 5) is 16.9. The minimum Gasteiger partial charge on any atom is -0.457 e. The lowest BCUT2D eigenvalue weighted by atomic mass is 10.1. The van der Waals surface area contributed by atoms with Crippen molar-refractivity contribution in [2.75, 3.05) is 11.1 Å². The lowest BCUT2D eigenvalue weighted by Crippen LogP contribution is -2.14. The Bertz CT molecular complexity index is 1380. The topological polar surface area (TPSA) is 71.5 Å². The van der Waals surface area contributed by atoms with Gasteiger partial charge in [0.15, 0.2) is 21.9 Å². The van der Waals surface area contributed by atoms with Gasteiger partial charge in [-0.15, -0.1) is 0 Å². The average molecular weight is 512 g/mol. The zero-order valence-electron chi connectivity index (χ0n) is 19.2. The summed E-state index contributed by atoms with van der Waals surface area (Å²) >= 11 is -0.822. The van der Waals surface area contributed by atoms with E-state index in [9.17, 15) is 22.5 Å². The summed E-state index contributed by atoms with van der Waals surface area (Å²) in [5.41, 5.74) is 1.78. The van der Waals surface area contributed by atoms with Gasteiger partial charge in [0.1, 0.15) is 23.1 Å². The Kier molecular flexibility index (Phi) is 7.92. The fraction of sp³-hybridized carbons (Fsp3) is 0.111. The van der Waals surface area contributed by atoms with E-state index in [-0.39, 0.29) is 29.4 Å². The van der Waals surface area contributed by atoms with Gasteiger partial charge in [0, 0.05) is 35.1 Å². The Morgan fingerprint density at radius 2 is 1.81 bits per heavy atom. The van der Waals surface area contributed by atoms with Gasteiger partial charge >= 0.3 is 0 Å². The molecule has 36 heavy (non-hydrogen) atoms. The predicted octanol–water partition coefficient (Wildman–Crippen LogP) is 6.61. The Hall–Kier alpha value is -3.82. The van der Waals surface area contributed by atoms with Crippen molar-refractivity contribution in [3.63, 3.8) is 0 Å². The van der Waals surface area contributed by atoms with Crippen LogP contribution in [0.1, 0.15) is 12.5 Å². The number of aromatic nitrogens is 1. The van der Waals surface area contributed by atoms with E-state index < -0.39 is 28.8 Å². The van der Waals surface area contributed by atoms with Crippen LogP contribution in [0.3, 0.4) is 0 Å². The van der Waals surface area contributed by atoms with Crippen LogP contribution in [0.2, 0.25) is 0 Å². The SMILES string of the molecule is CC[S+](O)c1ccc(CC(=O)Nc2ccc(-c3cnc(F)c(F)c3)c(Oc3cccc(F)c3)c2)cc1. The lowest BCUT2D eigenvalue weighted by Gasteiger charge is -2.14. The average Bonchev–Trinajstić information content (AvgIpc) is 2.86. The summed E-state index contributed by atoms with van der Waals surface area (Å²) in [7, 11) is 0. The van der Waals surface area contributed by atoms with E-state index in [1.54, 1.807) is 42.5 Å². The summed E-state index contributed by atoms with van der Waals surface area (Å²) in [6.45, 7) is 1.89. The first-order valence-electron chi connectivity index (χ1n) is 11.0. The number of pyridine rings is 1. The zero-order chi connectivity index (χ0) is 25.7. The molecular weight excluding hydrogens is 489 g/mol. The van der Waals surface area contributed by atoms with Crippen molar-refractivity contribution in [1.82, 2.24) is 4.98 Å². The molecule has 1 heterocycles. The van der Waals surface area contributed by atoms with Gasteiger partial charge in [-0.1, -0.05) is 18.2 Å². The highest BCUT2D eigenvalue weighted by molar-refractivity contribution is 7.91. The Labute approximate surface area is 209 Å². The molecule has 0 fully saturated rings. The summed E-state index contributed by atoms with van der Waals surface area (Å²) in [6.07, 6.45) is 1.25. The molecule has 0 bridgehead atoms. The molecule has 0 spiro atoms. The van der Waals surface area contributed by atoms with E-state index in [0.29, 0.717) is 17.0 Å². The molecule has 0 aliphatic carbocycles. The number of amides is 1. The van der Waals surface area contributed by atoms with E-state index >= 15 is 0 Å². The van der Waals surface area contributed by atoms with Crippen LogP contribution in [0.15, 0.2) is 83.9 Å². The van der Waals surface area contributed by atoms with Crippen molar-refractivity contribution < 1.29 is 27.3 Å². The third-order valence-electron chi connectivity index (χ3n) is 5.23. The molecule has 0 aliphatic heterocycles. The van der Waals surface area contributed by atoms with Crippen molar-refractivity contribution in [3.05, 3.63) is 102 Å². The standard InChI is InChI=1S/C27H21F3N2O3S/c1-2-36(34)22-9-6-17(7-10-22)12-26(33)32-20-8-11-23(18-13-24(29)27(30)31-16-18)25(15-20)35-21-5-3-4-19(28)14-21/h3-11,13-16,34H,2,12H2,1H3/p+1. The minimum atomic E-state index is -1.23. The third-order valence-corrected chi connectivity index (χ3v) is 6.59. The van der Waals surface area contributed by atoms with Crippen molar-refractivity contribution >= 4 is 22.8 Å². The Morgan fingerprint density at radius 3 is 2.50 bits per heavy atom. The second kappa shape index (κ2) is 11.3. The van der Waals surface area contributed by atoms with Crippen LogP contribution < -0.4 is 10.1 Å². The molecular formula is C27H22F3N2O3S+. The van der Waals surface area contributed by atoms with Crippen LogP contribution in [-0.2, 0) is 22.4 Å². The molecule has 0 radical (unpaired) electrons. The summed E-state index contributed by atoms with van der Waals surface area (Å²) in [5, 5.41) is 2.79. The number of rotatable bonds is 8. The van der Waals surface area contributed by atoms with Crippen LogP contribution in [-0.4, -0.2) is 21.2 Å².